The summed E-state index contributed by atoms with van der Waals surface area (Å²) in [6, 6.07) is 4.37. The van der Waals surface area contributed by atoms with Crippen molar-refractivity contribution in [1.29, 1.82) is 0 Å². The Morgan fingerprint density at radius 2 is 1.94 bits per heavy atom. The highest BCUT2D eigenvalue weighted by atomic mass is 19.1. The van der Waals surface area contributed by atoms with Gasteiger partial charge >= 0.3 is 0 Å². The summed E-state index contributed by atoms with van der Waals surface area (Å²) in [4.78, 5) is 22.1. The van der Waals surface area contributed by atoms with Gasteiger partial charge in [0.25, 0.3) is 10.9 Å². The van der Waals surface area contributed by atoms with Gasteiger partial charge in [-0.25, -0.2) is 4.39 Å². The number of nitrogens with one attached hydrogen (secondary N) is 1. The third-order valence-corrected chi connectivity index (χ3v) is 2.58. The van der Waals surface area contributed by atoms with Gasteiger partial charge in [0.2, 0.25) is 0 Å². The molecule has 3 N–H and O–H groups in total. The van der Waals surface area contributed by atoms with Crippen molar-refractivity contribution < 1.29 is 4.39 Å². The Morgan fingerprint density at radius 3 is 2.53 bits per heavy atom. The van der Waals surface area contributed by atoms with Gasteiger partial charge in [-0.2, -0.15) is 0 Å². The van der Waals surface area contributed by atoms with Crippen molar-refractivity contribution in [2.45, 2.75) is 13.3 Å². The molecule has 0 spiro atoms. The van der Waals surface area contributed by atoms with Crippen LogP contribution < -0.4 is 21.9 Å². The minimum atomic E-state index is -0.695. The zero-order valence-electron chi connectivity index (χ0n) is 9.21. The monoisotopic (exact) mass is 234 g/mol. The van der Waals surface area contributed by atoms with Crippen LogP contribution >= 0.6 is 0 Å². The van der Waals surface area contributed by atoms with Crippen LogP contribution in [0.2, 0.25) is 0 Å². The molecule has 0 saturated carbocycles. The van der Waals surface area contributed by atoms with Gasteiger partial charge in [0.05, 0.1) is 0 Å². The summed E-state index contributed by atoms with van der Waals surface area (Å²) in [7, 11) is 0. The highest BCUT2D eigenvalue weighted by molar-refractivity contribution is 5.76. The highest BCUT2D eigenvalue weighted by Crippen LogP contribution is 2.20. The molecule has 0 aliphatic heterocycles. The molecule has 88 valence electrons. The number of benzene rings is 1. The summed E-state index contributed by atoms with van der Waals surface area (Å²) in [5, 5.41) is 2.67. The fraction of sp³-hybridized carbons (Fsp3) is 0.167. The van der Waals surface area contributed by atoms with Gasteiger partial charge in [0.15, 0.2) is 0 Å². The van der Waals surface area contributed by atoms with E-state index < -0.39 is 16.7 Å². The number of anilines is 3. The van der Waals surface area contributed by atoms with E-state index in [9.17, 15) is 14.0 Å². The second kappa shape index (κ2) is 4.01. The summed E-state index contributed by atoms with van der Waals surface area (Å²) in [5.41, 5.74) is 5.17. The Morgan fingerprint density at radius 1 is 1.24 bits per heavy atom. The summed E-state index contributed by atoms with van der Waals surface area (Å²) in [5.74, 6) is -0.399. The molecule has 0 unspecified atom stereocenters. The number of nitrogens with two attached hydrogens (primary N) is 1. The molecule has 0 radical (unpaired) electrons. The Hall–Kier alpha value is -2.17. The lowest BCUT2D eigenvalue weighted by atomic mass is 10.1. The molecule has 4 nitrogen and oxygen atoms in total. The molecule has 0 bridgehead atoms. The average molecular weight is 234 g/mol. The van der Waals surface area contributed by atoms with E-state index in [-0.39, 0.29) is 11.4 Å². The topological polar surface area (TPSA) is 72.2 Å². The van der Waals surface area contributed by atoms with Crippen molar-refractivity contribution in [3.8, 4) is 0 Å². The molecule has 2 aromatic rings. The van der Waals surface area contributed by atoms with E-state index in [1.165, 1.54) is 12.1 Å². The lowest BCUT2D eigenvalue weighted by Crippen LogP contribution is -2.36. The second-order valence-corrected chi connectivity index (χ2v) is 3.77. The number of rotatable bonds is 3. The minimum absolute atomic E-state index is 0.0441. The van der Waals surface area contributed by atoms with E-state index in [0.29, 0.717) is 12.1 Å². The van der Waals surface area contributed by atoms with Gasteiger partial charge in [-0.15, -0.1) is 0 Å². The Bertz CT molecular complexity index is 642. The van der Waals surface area contributed by atoms with Crippen LogP contribution in [0.25, 0.3) is 0 Å². The van der Waals surface area contributed by atoms with Gasteiger partial charge in [-0.3, -0.25) is 9.59 Å². The standard InChI is InChI=1S/C12H11FN2O2/c1-2-6-3-7(13)5-8(4-6)15-10-9(14)11(16)12(10)17/h3-5,15H,2,14H2,1H3. The molecule has 2 rings (SSSR count). The van der Waals surface area contributed by atoms with Crippen LogP contribution in [0.4, 0.5) is 21.5 Å². The van der Waals surface area contributed by atoms with Gasteiger partial charge in [-0.1, -0.05) is 6.92 Å². The third kappa shape index (κ3) is 1.91. The van der Waals surface area contributed by atoms with Crippen molar-refractivity contribution >= 4 is 17.1 Å². The van der Waals surface area contributed by atoms with Crippen molar-refractivity contribution in [2.75, 3.05) is 11.1 Å². The lowest BCUT2D eigenvalue weighted by molar-refractivity contribution is 0.626. The fourth-order valence-corrected chi connectivity index (χ4v) is 1.60. The van der Waals surface area contributed by atoms with Crippen molar-refractivity contribution in [3.05, 3.63) is 50.0 Å². The zero-order valence-corrected chi connectivity index (χ0v) is 9.21. The van der Waals surface area contributed by atoms with Crippen LogP contribution in [-0.2, 0) is 6.42 Å². The molecule has 0 saturated heterocycles. The number of aryl methyl sites for hydroxylation is 1. The normalized spacial score (nSPS) is 10.7. The van der Waals surface area contributed by atoms with Crippen LogP contribution in [0.5, 0.6) is 0 Å². The van der Waals surface area contributed by atoms with Gasteiger partial charge in [0.1, 0.15) is 17.2 Å². The van der Waals surface area contributed by atoms with E-state index in [4.69, 9.17) is 5.73 Å². The van der Waals surface area contributed by atoms with E-state index in [0.717, 1.165) is 5.56 Å². The molecular weight excluding hydrogens is 223 g/mol. The summed E-state index contributed by atoms with van der Waals surface area (Å²) in [6.45, 7) is 1.89. The van der Waals surface area contributed by atoms with E-state index in [1.807, 2.05) is 6.92 Å². The summed E-state index contributed by atoms with van der Waals surface area (Å²) in [6.07, 6.45) is 0.674. The van der Waals surface area contributed by atoms with Crippen LogP contribution in [0.3, 0.4) is 0 Å². The van der Waals surface area contributed by atoms with Crippen molar-refractivity contribution in [1.82, 2.24) is 0 Å². The first-order valence-electron chi connectivity index (χ1n) is 5.18. The number of halogens is 1. The SMILES string of the molecule is CCc1cc(F)cc(Nc2c(N)c(=O)c2=O)c1. The first kappa shape index (κ1) is 11.3. The van der Waals surface area contributed by atoms with Crippen LogP contribution in [0, 0.1) is 5.82 Å². The van der Waals surface area contributed by atoms with Crippen molar-refractivity contribution in [3.63, 3.8) is 0 Å². The third-order valence-electron chi connectivity index (χ3n) is 2.58. The molecule has 0 amide bonds. The first-order valence-corrected chi connectivity index (χ1v) is 5.18. The lowest BCUT2D eigenvalue weighted by Gasteiger charge is -2.11. The van der Waals surface area contributed by atoms with Crippen LogP contribution in [-0.4, -0.2) is 0 Å². The molecular formula is C12H11FN2O2. The second-order valence-electron chi connectivity index (χ2n) is 3.77. The molecule has 0 aromatic heterocycles. The maximum absolute atomic E-state index is 13.2. The number of nitrogen functional groups attached to an aromatic ring is 1. The number of hydrogen-bond acceptors (Lipinski definition) is 4. The predicted octanol–water partition coefficient (Wildman–Crippen LogP) is 1.31. The molecule has 5 heteroatoms. The Kier molecular flexibility index (Phi) is 2.67. The van der Waals surface area contributed by atoms with E-state index in [1.54, 1.807) is 6.07 Å². The van der Waals surface area contributed by atoms with E-state index >= 15 is 0 Å². The highest BCUT2D eigenvalue weighted by Gasteiger charge is 2.17. The molecule has 17 heavy (non-hydrogen) atoms. The minimum Gasteiger partial charge on any atom is -0.394 e. The summed E-state index contributed by atoms with van der Waals surface area (Å²) >= 11 is 0. The number of hydrogen-bond donors (Lipinski definition) is 2. The quantitative estimate of drug-likeness (QED) is 0.785. The summed E-state index contributed by atoms with van der Waals surface area (Å²) < 4.78 is 13.2. The van der Waals surface area contributed by atoms with Crippen LogP contribution in [0.15, 0.2) is 27.8 Å². The first-order chi connectivity index (χ1) is 8.02. The smallest absolute Gasteiger partial charge is 0.253 e. The van der Waals surface area contributed by atoms with Gasteiger partial charge < -0.3 is 11.1 Å². The molecule has 0 atom stereocenters. The maximum Gasteiger partial charge on any atom is 0.253 e. The van der Waals surface area contributed by atoms with Gasteiger partial charge in [0, 0.05) is 5.69 Å². The molecule has 0 aliphatic rings. The van der Waals surface area contributed by atoms with Gasteiger partial charge in [-0.05, 0) is 30.2 Å². The Labute approximate surface area is 96.6 Å². The molecule has 0 fully saturated rings. The Balaban J connectivity index is 2.34. The molecule has 0 aliphatic carbocycles. The fourth-order valence-electron chi connectivity index (χ4n) is 1.60. The zero-order chi connectivity index (χ0) is 12.6. The van der Waals surface area contributed by atoms with Crippen LogP contribution in [0.1, 0.15) is 12.5 Å². The predicted molar refractivity (Wildman–Crippen MR) is 64.8 cm³/mol. The maximum atomic E-state index is 13.2. The van der Waals surface area contributed by atoms with Crippen molar-refractivity contribution in [2.24, 2.45) is 0 Å². The average Bonchev–Trinajstić information content (AvgIpc) is 2.33. The molecule has 2 aromatic carbocycles. The molecule has 0 heterocycles. The van der Waals surface area contributed by atoms with E-state index in [2.05, 4.69) is 5.32 Å². The largest absolute Gasteiger partial charge is 0.394 e.